The van der Waals surface area contributed by atoms with E-state index in [0.29, 0.717) is 11.3 Å². The maximum atomic E-state index is 10.3. The zero-order valence-electron chi connectivity index (χ0n) is 8.99. The molecule has 0 aliphatic rings. The summed E-state index contributed by atoms with van der Waals surface area (Å²) in [6, 6.07) is 1.71. The molecule has 0 aliphatic carbocycles. The number of aromatic nitrogens is 1. The first-order chi connectivity index (χ1) is 6.50. The van der Waals surface area contributed by atoms with Crippen LogP contribution in [0.4, 0.5) is 5.69 Å². The second-order valence-electron chi connectivity index (χ2n) is 3.92. The third-order valence-corrected chi connectivity index (χ3v) is 2.97. The van der Waals surface area contributed by atoms with Gasteiger partial charge in [-0.3, -0.25) is 4.98 Å². The predicted octanol–water partition coefficient (Wildman–Crippen LogP) is 1.92. The summed E-state index contributed by atoms with van der Waals surface area (Å²) in [5.41, 5.74) is 6.22. The van der Waals surface area contributed by atoms with Gasteiger partial charge in [-0.2, -0.15) is 0 Å². The number of hydrogen-bond acceptors (Lipinski definition) is 3. The molecule has 1 heterocycles. The van der Waals surface area contributed by atoms with Crippen LogP contribution in [0.1, 0.15) is 32.8 Å². The molecule has 0 fully saturated rings. The fourth-order valence-electron chi connectivity index (χ4n) is 1.49. The van der Waals surface area contributed by atoms with Gasteiger partial charge >= 0.3 is 0 Å². The minimum atomic E-state index is -0.896. The molecule has 2 atom stereocenters. The van der Waals surface area contributed by atoms with Crippen molar-refractivity contribution in [2.75, 3.05) is 5.73 Å². The molecule has 3 N–H and O–H groups in total. The van der Waals surface area contributed by atoms with Gasteiger partial charge in [0.2, 0.25) is 0 Å². The van der Waals surface area contributed by atoms with Crippen molar-refractivity contribution < 1.29 is 5.11 Å². The molecule has 0 radical (unpaired) electrons. The van der Waals surface area contributed by atoms with E-state index in [0.717, 1.165) is 6.42 Å². The number of nitrogens with zero attached hydrogens (tertiary/aromatic N) is 1. The van der Waals surface area contributed by atoms with E-state index in [4.69, 9.17) is 5.73 Å². The Balaban J connectivity index is 3.09. The summed E-state index contributed by atoms with van der Waals surface area (Å²) in [5.74, 6) is 0.161. The molecule has 14 heavy (non-hydrogen) atoms. The lowest BCUT2D eigenvalue weighted by Gasteiger charge is -2.30. The summed E-state index contributed by atoms with van der Waals surface area (Å²) < 4.78 is 0. The number of pyridine rings is 1. The van der Waals surface area contributed by atoms with Crippen LogP contribution in [-0.4, -0.2) is 10.1 Å². The van der Waals surface area contributed by atoms with E-state index in [2.05, 4.69) is 4.98 Å². The number of rotatable bonds is 3. The van der Waals surface area contributed by atoms with Crippen LogP contribution in [0.3, 0.4) is 0 Å². The Hall–Kier alpha value is -1.09. The van der Waals surface area contributed by atoms with Crippen molar-refractivity contribution in [1.29, 1.82) is 0 Å². The Bertz CT molecular complexity index is 310. The van der Waals surface area contributed by atoms with Crippen molar-refractivity contribution >= 4 is 5.69 Å². The van der Waals surface area contributed by atoms with Crippen molar-refractivity contribution in [2.24, 2.45) is 5.92 Å². The molecule has 1 rings (SSSR count). The monoisotopic (exact) mass is 194 g/mol. The molecular formula is C11H18N2O. The van der Waals surface area contributed by atoms with Gasteiger partial charge in [0, 0.05) is 23.6 Å². The van der Waals surface area contributed by atoms with E-state index in [-0.39, 0.29) is 5.92 Å². The summed E-state index contributed by atoms with van der Waals surface area (Å²) >= 11 is 0. The maximum Gasteiger partial charge on any atom is 0.0928 e. The average Bonchev–Trinajstić information content (AvgIpc) is 2.17. The van der Waals surface area contributed by atoms with Gasteiger partial charge in [0.25, 0.3) is 0 Å². The van der Waals surface area contributed by atoms with Crippen LogP contribution in [0.15, 0.2) is 18.5 Å². The highest BCUT2D eigenvalue weighted by atomic mass is 16.3. The van der Waals surface area contributed by atoms with Crippen molar-refractivity contribution in [1.82, 2.24) is 4.98 Å². The summed E-state index contributed by atoms with van der Waals surface area (Å²) in [6.07, 6.45) is 4.17. The summed E-state index contributed by atoms with van der Waals surface area (Å²) in [4.78, 5) is 3.99. The number of hydrogen-bond donors (Lipinski definition) is 2. The molecule has 3 nitrogen and oxygen atoms in total. The van der Waals surface area contributed by atoms with Gasteiger partial charge < -0.3 is 10.8 Å². The maximum absolute atomic E-state index is 10.3. The third-order valence-electron chi connectivity index (χ3n) is 2.97. The lowest BCUT2D eigenvalue weighted by atomic mass is 9.82. The predicted molar refractivity (Wildman–Crippen MR) is 57.7 cm³/mol. The first-order valence-corrected chi connectivity index (χ1v) is 4.92. The van der Waals surface area contributed by atoms with E-state index in [1.54, 1.807) is 25.4 Å². The van der Waals surface area contributed by atoms with Crippen LogP contribution < -0.4 is 5.73 Å². The van der Waals surface area contributed by atoms with E-state index < -0.39 is 5.60 Å². The molecule has 0 aromatic carbocycles. The van der Waals surface area contributed by atoms with Crippen molar-refractivity contribution in [3.05, 3.63) is 24.0 Å². The highest BCUT2D eigenvalue weighted by Gasteiger charge is 2.31. The smallest absolute Gasteiger partial charge is 0.0928 e. The van der Waals surface area contributed by atoms with Gasteiger partial charge in [-0.25, -0.2) is 0 Å². The molecule has 0 aliphatic heterocycles. The van der Waals surface area contributed by atoms with Crippen LogP contribution >= 0.6 is 0 Å². The van der Waals surface area contributed by atoms with Crippen molar-refractivity contribution in [3.63, 3.8) is 0 Å². The Morgan fingerprint density at radius 3 is 2.79 bits per heavy atom. The highest BCUT2D eigenvalue weighted by Crippen LogP contribution is 2.33. The number of nitrogens with two attached hydrogens (primary N) is 1. The van der Waals surface area contributed by atoms with Gasteiger partial charge in [-0.05, 0) is 18.9 Å². The van der Waals surface area contributed by atoms with Gasteiger partial charge in [0.15, 0.2) is 0 Å². The van der Waals surface area contributed by atoms with E-state index in [9.17, 15) is 5.11 Å². The van der Waals surface area contributed by atoms with Crippen LogP contribution in [0.2, 0.25) is 0 Å². The Labute approximate surface area is 85.0 Å². The molecule has 0 bridgehead atoms. The molecule has 3 heteroatoms. The number of aliphatic hydroxyl groups is 1. The molecule has 1 aromatic rings. The second kappa shape index (κ2) is 3.96. The second-order valence-corrected chi connectivity index (χ2v) is 3.92. The quantitative estimate of drug-likeness (QED) is 0.772. The lowest BCUT2D eigenvalue weighted by Crippen LogP contribution is -2.30. The number of nitrogen functional groups attached to an aromatic ring is 1. The van der Waals surface area contributed by atoms with Gasteiger partial charge in [0.1, 0.15) is 0 Å². The third kappa shape index (κ3) is 1.87. The largest absolute Gasteiger partial charge is 0.398 e. The first-order valence-electron chi connectivity index (χ1n) is 4.92. The topological polar surface area (TPSA) is 59.1 Å². The lowest BCUT2D eigenvalue weighted by molar-refractivity contribution is 0.000441. The fourth-order valence-corrected chi connectivity index (χ4v) is 1.49. The van der Waals surface area contributed by atoms with Gasteiger partial charge in [-0.1, -0.05) is 20.3 Å². The molecule has 0 amide bonds. The van der Waals surface area contributed by atoms with Crippen LogP contribution in [0, 0.1) is 5.92 Å². The molecular weight excluding hydrogens is 176 g/mol. The Morgan fingerprint density at radius 1 is 1.64 bits per heavy atom. The summed E-state index contributed by atoms with van der Waals surface area (Å²) in [5, 5.41) is 10.3. The van der Waals surface area contributed by atoms with Crippen molar-refractivity contribution in [3.8, 4) is 0 Å². The van der Waals surface area contributed by atoms with Crippen LogP contribution in [0.5, 0.6) is 0 Å². The number of anilines is 1. The minimum absolute atomic E-state index is 0.161. The molecule has 2 unspecified atom stereocenters. The molecule has 1 aromatic heterocycles. The molecule has 0 saturated carbocycles. The van der Waals surface area contributed by atoms with Gasteiger partial charge in [-0.15, -0.1) is 0 Å². The van der Waals surface area contributed by atoms with Crippen LogP contribution in [0.25, 0.3) is 0 Å². The summed E-state index contributed by atoms with van der Waals surface area (Å²) in [6.45, 7) is 5.84. The fraction of sp³-hybridized carbons (Fsp3) is 0.545. The average molecular weight is 194 g/mol. The SMILES string of the molecule is CCC(C)C(C)(O)c1cnccc1N. The Kier molecular flexibility index (Phi) is 3.11. The zero-order chi connectivity index (χ0) is 10.8. The van der Waals surface area contributed by atoms with E-state index >= 15 is 0 Å². The zero-order valence-corrected chi connectivity index (χ0v) is 8.99. The molecule has 0 saturated heterocycles. The standard InChI is InChI=1S/C11H18N2O/c1-4-8(2)11(3,14)9-7-13-6-5-10(9)12/h5-8,14H,4H2,1-3H3,(H2,12,13). The van der Waals surface area contributed by atoms with Crippen LogP contribution in [-0.2, 0) is 5.60 Å². The first kappa shape index (κ1) is 11.0. The Morgan fingerprint density at radius 2 is 2.29 bits per heavy atom. The molecule has 0 spiro atoms. The van der Waals surface area contributed by atoms with E-state index in [1.165, 1.54) is 0 Å². The minimum Gasteiger partial charge on any atom is -0.398 e. The summed E-state index contributed by atoms with van der Waals surface area (Å²) in [7, 11) is 0. The molecule has 78 valence electrons. The normalized spacial score (nSPS) is 17.4. The van der Waals surface area contributed by atoms with E-state index in [1.807, 2.05) is 13.8 Å². The van der Waals surface area contributed by atoms with Crippen molar-refractivity contribution in [2.45, 2.75) is 32.8 Å². The van der Waals surface area contributed by atoms with Gasteiger partial charge in [0.05, 0.1) is 5.60 Å². The highest BCUT2D eigenvalue weighted by molar-refractivity contribution is 5.47.